The predicted octanol–water partition coefficient (Wildman–Crippen LogP) is 1.88. The summed E-state index contributed by atoms with van der Waals surface area (Å²) in [6.07, 6.45) is 0. The third-order valence-corrected chi connectivity index (χ3v) is 4.14. The molecular formula is C19H19N5O3. The van der Waals surface area contributed by atoms with E-state index in [1.165, 1.54) is 11.8 Å². The van der Waals surface area contributed by atoms with Crippen molar-refractivity contribution in [3.8, 4) is 0 Å². The van der Waals surface area contributed by atoms with E-state index < -0.39 is 0 Å². The van der Waals surface area contributed by atoms with Crippen LogP contribution in [-0.2, 0) is 11.8 Å². The minimum absolute atomic E-state index is 0.0854. The SMILES string of the molecule is CC(=O)c1cccc(NC(=O)CN(C)C(=O)c2ccc3c(c2)nnn3C)c1. The summed E-state index contributed by atoms with van der Waals surface area (Å²) in [6.45, 7) is 1.34. The van der Waals surface area contributed by atoms with E-state index in [-0.39, 0.29) is 24.1 Å². The molecule has 27 heavy (non-hydrogen) atoms. The zero-order chi connectivity index (χ0) is 19.6. The third-order valence-electron chi connectivity index (χ3n) is 4.14. The average molecular weight is 365 g/mol. The highest BCUT2D eigenvalue weighted by atomic mass is 16.2. The fraction of sp³-hybridized carbons (Fsp3) is 0.211. The number of hydrogen-bond acceptors (Lipinski definition) is 5. The van der Waals surface area contributed by atoms with Crippen LogP contribution in [0, 0.1) is 0 Å². The number of fused-ring (bicyclic) bond motifs is 1. The van der Waals surface area contributed by atoms with Gasteiger partial charge in [0.1, 0.15) is 5.52 Å². The lowest BCUT2D eigenvalue weighted by molar-refractivity contribution is -0.116. The number of Topliss-reactive ketones (excluding diaryl/α,β-unsaturated/α-hetero) is 1. The normalized spacial score (nSPS) is 10.6. The molecule has 0 aliphatic carbocycles. The van der Waals surface area contributed by atoms with Gasteiger partial charge in [-0.3, -0.25) is 14.4 Å². The van der Waals surface area contributed by atoms with Crippen LogP contribution in [0.5, 0.6) is 0 Å². The van der Waals surface area contributed by atoms with Crippen molar-refractivity contribution in [1.82, 2.24) is 19.9 Å². The number of aryl methyl sites for hydroxylation is 1. The molecule has 0 atom stereocenters. The maximum atomic E-state index is 12.6. The molecule has 0 saturated carbocycles. The number of ketones is 1. The Kier molecular flexibility index (Phi) is 4.98. The summed E-state index contributed by atoms with van der Waals surface area (Å²) in [5.74, 6) is -0.736. The summed E-state index contributed by atoms with van der Waals surface area (Å²) in [5.41, 5.74) is 2.88. The Morgan fingerprint density at radius 1 is 1.11 bits per heavy atom. The number of likely N-dealkylation sites (N-methyl/N-ethyl adjacent to an activating group) is 1. The highest BCUT2D eigenvalue weighted by molar-refractivity contribution is 6.01. The van der Waals surface area contributed by atoms with Crippen LogP contribution < -0.4 is 5.32 Å². The van der Waals surface area contributed by atoms with Gasteiger partial charge in [-0.25, -0.2) is 4.68 Å². The third kappa shape index (κ3) is 4.00. The van der Waals surface area contributed by atoms with Crippen molar-refractivity contribution in [3.63, 3.8) is 0 Å². The molecule has 3 aromatic rings. The summed E-state index contributed by atoms with van der Waals surface area (Å²) in [5, 5.41) is 10.6. The van der Waals surface area contributed by atoms with Gasteiger partial charge in [0.2, 0.25) is 5.91 Å². The Balaban J connectivity index is 1.67. The van der Waals surface area contributed by atoms with Gasteiger partial charge < -0.3 is 10.2 Å². The van der Waals surface area contributed by atoms with Crippen molar-refractivity contribution in [3.05, 3.63) is 53.6 Å². The molecule has 0 radical (unpaired) electrons. The Hall–Kier alpha value is -3.55. The van der Waals surface area contributed by atoms with Gasteiger partial charge in [0, 0.05) is 30.9 Å². The van der Waals surface area contributed by atoms with E-state index in [9.17, 15) is 14.4 Å². The number of carbonyl (C=O) groups excluding carboxylic acids is 3. The first-order valence-corrected chi connectivity index (χ1v) is 8.31. The number of hydrogen-bond donors (Lipinski definition) is 1. The van der Waals surface area contributed by atoms with Crippen LogP contribution in [0.25, 0.3) is 11.0 Å². The number of amides is 2. The summed E-state index contributed by atoms with van der Waals surface area (Å²) >= 11 is 0. The van der Waals surface area contributed by atoms with Gasteiger partial charge in [-0.1, -0.05) is 17.3 Å². The number of carbonyl (C=O) groups is 3. The molecule has 0 unspecified atom stereocenters. The topological polar surface area (TPSA) is 97.2 Å². The molecule has 0 saturated heterocycles. The summed E-state index contributed by atoms with van der Waals surface area (Å²) in [4.78, 5) is 37.6. The maximum absolute atomic E-state index is 12.6. The van der Waals surface area contributed by atoms with E-state index in [2.05, 4.69) is 15.6 Å². The van der Waals surface area contributed by atoms with Crippen LogP contribution in [0.1, 0.15) is 27.6 Å². The highest BCUT2D eigenvalue weighted by Crippen LogP contribution is 2.14. The van der Waals surface area contributed by atoms with E-state index in [0.717, 1.165) is 5.52 Å². The molecule has 1 heterocycles. The summed E-state index contributed by atoms with van der Waals surface area (Å²) < 4.78 is 1.62. The standard InChI is InChI=1S/C19H19N5O3/c1-12(25)13-5-4-6-15(9-13)20-18(26)11-23(2)19(27)14-7-8-17-16(10-14)21-22-24(17)3/h4-10H,11H2,1-3H3,(H,20,26). The molecule has 1 N–H and O–H groups in total. The van der Waals surface area contributed by atoms with Crippen LogP contribution in [0.15, 0.2) is 42.5 Å². The lowest BCUT2D eigenvalue weighted by atomic mass is 10.1. The molecule has 2 amide bonds. The van der Waals surface area contributed by atoms with Gasteiger partial charge in [0.05, 0.1) is 12.1 Å². The average Bonchev–Trinajstić information content (AvgIpc) is 3.01. The van der Waals surface area contributed by atoms with Crippen molar-refractivity contribution >= 4 is 34.3 Å². The van der Waals surface area contributed by atoms with Gasteiger partial charge in [-0.2, -0.15) is 0 Å². The molecule has 8 nitrogen and oxygen atoms in total. The minimum atomic E-state index is -0.355. The quantitative estimate of drug-likeness (QED) is 0.696. The zero-order valence-electron chi connectivity index (χ0n) is 15.3. The van der Waals surface area contributed by atoms with E-state index in [4.69, 9.17) is 0 Å². The second-order valence-electron chi connectivity index (χ2n) is 6.26. The number of nitrogens with zero attached hydrogens (tertiary/aromatic N) is 4. The Labute approximate surface area is 155 Å². The van der Waals surface area contributed by atoms with Gasteiger partial charge in [-0.15, -0.1) is 5.10 Å². The molecule has 3 rings (SSSR count). The molecule has 2 aromatic carbocycles. The van der Waals surface area contributed by atoms with Crippen molar-refractivity contribution in [2.45, 2.75) is 6.92 Å². The lowest BCUT2D eigenvalue weighted by Gasteiger charge is -2.17. The van der Waals surface area contributed by atoms with Crippen molar-refractivity contribution in [2.24, 2.45) is 7.05 Å². The molecule has 1 aromatic heterocycles. The van der Waals surface area contributed by atoms with Gasteiger partial charge in [0.25, 0.3) is 5.91 Å². The van der Waals surface area contributed by atoms with Crippen LogP contribution in [-0.4, -0.2) is 51.1 Å². The second kappa shape index (κ2) is 7.36. The second-order valence-corrected chi connectivity index (χ2v) is 6.26. The lowest BCUT2D eigenvalue weighted by Crippen LogP contribution is -2.34. The van der Waals surface area contributed by atoms with Crippen LogP contribution in [0.4, 0.5) is 5.69 Å². The Morgan fingerprint density at radius 2 is 1.89 bits per heavy atom. The van der Waals surface area contributed by atoms with Crippen molar-refractivity contribution in [2.75, 3.05) is 18.9 Å². The Bertz CT molecular complexity index is 1040. The maximum Gasteiger partial charge on any atom is 0.254 e. The fourth-order valence-corrected chi connectivity index (χ4v) is 2.70. The monoisotopic (exact) mass is 365 g/mol. The molecule has 0 aliphatic rings. The molecule has 0 bridgehead atoms. The van der Waals surface area contributed by atoms with Crippen molar-refractivity contribution < 1.29 is 14.4 Å². The number of rotatable bonds is 5. The summed E-state index contributed by atoms with van der Waals surface area (Å²) in [7, 11) is 3.32. The van der Waals surface area contributed by atoms with Crippen LogP contribution in [0.2, 0.25) is 0 Å². The molecule has 0 spiro atoms. The van der Waals surface area contributed by atoms with E-state index >= 15 is 0 Å². The number of benzene rings is 2. The fourth-order valence-electron chi connectivity index (χ4n) is 2.70. The summed E-state index contributed by atoms with van der Waals surface area (Å²) in [6, 6.07) is 11.8. The molecule has 0 aliphatic heterocycles. The highest BCUT2D eigenvalue weighted by Gasteiger charge is 2.16. The molecule has 138 valence electrons. The van der Waals surface area contributed by atoms with E-state index in [1.807, 2.05) is 0 Å². The molecular weight excluding hydrogens is 346 g/mol. The first-order chi connectivity index (χ1) is 12.8. The molecule has 0 fully saturated rings. The number of nitrogens with one attached hydrogen (secondary N) is 1. The van der Waals surface area contributed by atoms with Crippen molar-refractivity contribution in [1.29, 1.82) is 0 Å². The van der Waals surface area contributed by atoms with Crippen LogP contribution in [0.3, 0.4) is 0 Å². The van der Waals surface area contributed by atoms with Gasteiger partial charge in [0.15, 0.2) is 5.78 Å². The van der Waals surface area contributed by atoms with Gasteiger partial charge >= 0.3 is 0 Å². The smallest absolute Gasteiger partial charge is 0.254 e. The van der Waals surface area contributed by atoms with E-state index in [1.54, 1.807) is 61.2 Å². The number of anilines is 1. The minimum Gasteiger partial charge on any atom is -0.332 e. The first kappa shape index (κ1) is 18.2. The van der Waals surface area contributed by atoms with E-state index in [0.29, 0.717) is 22.3 Å². The molecule has 8 heteroatoms. The number of aromatic nitrogens is 3. The van der Waals surface area contributed by atoms with Gasteiger partial charge in [-0.05, 0) is 37.3 Å². The zero-order valence-corrected chi connectivity index (χ0v) is 15.3. The predicted molar refractivity (Wildman–Crippen MR) is 101 cm³/mol. The first-order valence-electron chi connectivity index (χ1n) is 8.31. The Morgan fingerprint density at radius 3 is 2.63 bits per heavy atom. The largest absolute Gasteiger partial charge is 0.332 e. The van der Waals surface area contributed by atoms with Crippen LogP contribution >= 0.6 is 0 Å².